The number of hydrogen-bond donors (Lipinski definition) is 1. The molecule has 1 aromatic carbocycles. The molecule has 1 heterocycles. The Bertz CT molecular complexity index is 577. The van der Waals surface area contributed by atoms with E-state index in [4.69, 9.17) is 5.73 Å². The molecule has 0 fully saturated rings. The van der Waals surface area contributed by atoms with Gasteiger partial charge in [0.05, 0.1) is 0 Å². The molecule has 3 rings (SSSR count). The van der Waals surface area contributed by atoms with Gasteiger partial charge in [0.25, 0.3) is 0 Å². The third-order valence-electron chi connectivity index (χ3n) is 4.29. The summed E-state index contributed by atoms with van der Waals surface area (Å²) in [5.74, 6) is 0.424. The second-order valence-corrected chi connectivity index (χ2v) is 5.46. The van der Waals surface area contributed by atoms with Crippen LogP contribution in [-0.4, -0.2) is 4.98 Å². The molecule has 2 nitrogen and oxygen atoms in total. The van der Waals surface area contributed by atoms with E-state index in [0.717, 1.165) is 0 Å². The Hall–Kier alpha value is -1.67. The maximum absolute atomic E-state index is 6.55. The van der Waals surface area contributed by atoms with E-state index in [2.05, 4.69) is 36.2 Å². The molecule has 0 amide bonds. The number of rotatable bonds is 2. The molecule has 0 bridgehead atoms. The van der Waals surface area contributed by atoms with Crippen LogP contribution in [0.5, 0.6) is 0 Å². The van der Waals surface area contributed by atoms with Crippen molar-refractivity contribution in [2.75, 3.05) is 0 Å². The number of fused-ring (bicyclic) bond motifs is 1. The van der Waals surface area contributed by atoms with Crippen LogP contribution in [0.4, 0.5) is 0 Å². The Balaban J connectivity index is 1.98. The highest BCUT2D eigenvalue weighted by Crippen LogP contribution is 2.39. The largest absolute Gasteiger partial charge is 0.323 e. The first-order chi connectivity index (χ1) is 9.27. The van der Waals surface area contributed by atoms with Crippen molar-refractivity contribution in [2.24, 2.45) is 5.73 Å². The van der Waals surface area contributed by atoms with Crippen molar-refractivity contribution in [3.05, 3.63) is 65.0 Å². The lowest BCUT2D eigenvalue weighted by Crippen LogP contribution is -2.24. The highest BCUT2D eigenvalue weighted by molar-refractivity contribution is 5.37. The van der Waals surface area contributed by atoms with Gasteiger partial charge in [-0.3, -0.25) is 4.98 Å². The molecule has 1 aliphatic carbocycles. The van der Waals surface area contributed by atoms with Crippen LogP contribution in [0.2, 0.25) is 0 Å². The van der Waals surface area contributed by atoms with Gasteiger partial charge in [-0.05, 0) is 54.5 Å². The number of nitrogens with zero attached hydrogens (tertiary/aromatic N) is 1. The average molecular weight is 252 g/mol. The highest BCUT2D eigenvalue weighted by atomic mass is 14.7. The Morgan fingerprint density at radius 2 is 2.11 bits per heavy atom. The summed E-state index contributed by atoms with van der Waals surface area (Å²) in [4.78, 5) is 4.24. The number of nitrogens with two attached hydrogens (primary N) is 1. The van der Waals surface area contributed by atoms with Crippen molar-refractivity contribution < 1.29 is 0 Å². The predicted molar refractivity (Wildman–Crippen MR) is 78.0 cm³/mol. The summed E-state index contributed by atoms with van der Waals surface area (Å²) in [6, 6.07) is 10.8. The summed E-state index contributed by atoms with van der Waals surface area (Å²) in [6.07, 6.45) is 7.35. The maximum Gasteiger partial charge on any atom is 0.0382 e. The van der Waals surface area contributed by atoms with E-state index in [1.807, 2.05) is 18.5 Å². The normalized spacial score (nSPS) is 19.8. The molecule has 2 aromatic rings. The van der Waals surface area contributed by atoms with Gasteiger partial charge in [0.2, 0.25) is 0 Å². The van der Waals surface area contributed by atoms with E-state index in [1.165, 1.54) is 41.5 Å². The van der Waals surface area contributed by atoms with Crippen LogP contribution in [-0.2, 0) is 6.42 Å². The van der Waals surface area contributed by atoms with Gasteiger partial charge in [0.15, 0.2) is 0 Å². The number of benzene rings is 1. The van der Waals surface area contributed by atoms with Gasteiger partial charge in [-0.25, -0.2) is 0 Å². The Morgan fingerprint density at radius 3 is 2.95 bits per heavy atom. The summed E-state index contributed by atoms with van der Waals surface area (Å²) in [5.41, 5.74) is 11.9. The molecule has 0 saturated carbocycles. The van der Waals surface area contributed by atoms with E-state index < -0.39 is 0 Å². The van der Waals surface area contributed by atoms with Crippen LogP contribution in [0, 0.1) is 6.92 Å². The molecule has 19 heavy (non-hydrogen) atoms. The predicted octanol–water partition coefficient (Wildman–Crippen LogP) is 3.51. The van der Waals surface area contributed by atoms with E-state index in [9.17, 15) is 0 Å². The fourth-order valence-corrected chi connectivity index (χ4v) is 3.21. The van der Waals surface area contributed by atoms with E-state index in [-0.39, 0.29) is 6.04 Å². The van der Waals surface area contributed by atoms with Gasteiger partial charge in [0.1, 0.15) is 0 Å². The maximum atomic E-state index is 6.55. The van der Waals surface area contributed by atoms with Gasteiger partial charge < -0.3 is 5.73 Å². The topological polar surface area (TPSA) is 38.9 Å². The SMILES string of the molecule is Cc1ccncc1C(N)C1CCCc2ccccc21. The quantitative estimate of drug-likeness (QED) is 0.888. The minimum atomic E-state index is 0.0511. The van der Waals surface area contributed by atoms with Gasteiger partial charge in [0, 0.05) is 24.4 Å². The van der Waals surface area contributed by atoms with Gasteiger partial charge in [-0.2, -0.15) is 0 Å². The van der Waals surface area contributed by atoms with Crippen molar-refractivity contribution in [3.8, 4) is 0 Å². The minimum Gasteiger partial charge on any atom is -0.323 e. The van der Waals surface area contributed by atoms with Crippen LogP contribution in [0.1, 0.15) is 47.1 Å². The smallest absolute Gasteiger partial charge is 0.0382 e. The molecule has 2 unspecified atom stereocenters. The summed E-state index contributed by atoms with van der Waals surface area (Å²) in [7, 11) is 0. The second-order valence-electron chi connectivity index (χ2n) is 5.46. The zero-order valence-corrected chi connectivity index (χ0v) is 11.3. The van der Waals surface area contributed by atoms with Crippen molar-refractivity contribution >= 4 is 0 Å². The molecule has 0 spiro atoms. The summed E-state index contributed by atoms with van der Waals surface area (Å²) < 4.78 is 0. The first-order valence-electron chi connectivity index (χ1n) is 7.01. The van der Waals surface area contributed by atoms with E-state index in [1.54, 1.807) is 0 Å². The molecule has 1 aromatic heterocycles. The lowest BCUT2D eigenvalue weighted by Gasteiger charge is -2.31. The van der Waals surface area contributed by atoms with Crippen LogP contribution >= 0.6 is 0 Å². The second kappa shape index (κ2) is 5.14. The average Bonchev–Trinajstić information content (AvgIpc) is 2.46. The Labute approximate surface area is 114 Å². The summed E-state index contributed by atoms with van der Waals surface area (Å²) >= 11 is 0. The number of aromatic nitrogens is 1. The van der Waals surface area contributed by atoms with Crippen LogP contribution in [0.15, 0.2) is 42.7 Å². The Kier molecular flexibility index (Phi) is 3.34. The zero-order chi connectivity index (χ0) is 13.2. The molecule has 2 N–H and O–H groups in total. The van der Waals surface area contributed by atoms with Crippen LogP contribution in [0.3, 0.4) is 0 Å². The van der Waals surface area contributed by atoms with E-state index in [0.29, 0.717) is 5.92 Å². The fraction of sp³-hybridized carbons (Fsp3) is 0.353. The third kappa shape index (κ3) is 2.28. The van der Waals surface area contributed by atoms with Crippen molar-refractivity contribution in [2.45, 2.75) is 38.1 Å². The number of pyridine rings is 1. The number of hydrogen-bond acceptors (Lipinski definition) is 2. The first kappa shape index (κ1) is 12.4. The lowest BCUT2D eigenvalue weighted by atomic mass is 9.77. The van der Waals surface area contributed by atoms with Gasteiger partial charge in [-0.15, -0.1) is 0 Å². The molecule has 1 aliphatic rings. The fourth-order valence-electron chi connectivity index (χ4n) is 3.21. The zero-order valence-electron chi connectivity index (χ0n) is 11.3. The Morgan fingerprint density at radius 1 is 1.26 bits per heavy atom. The molecule has 0 aliphatic heterocycles. The van der Waals surface area contributed by atoms with E-state index >= 15 is 0 Å². The molecule has 98 valence electrons. The highest BCUT2D eigenvalue weighted by Gasteiger charge is 2.27. The molecule has 0 saturated heterocycles. The molecular formula is C17H20N2. The van der Waals surface area contributed by atoms with Crippen molar-refractivity contribution in [1.29, 1.82) is 0 Å². The van der Waals surface area contributed by atoms with Gasteiger partial charge >= 0.3 is 0 Å². The molecule has 2 atom stereocenters. The third-order valence-corrected chi connectivity index (χ3v) is 4.29. The molecule has 2 heteroatoms. The number of aryl methyl sites for hydroxylation is 2. The molecule has 0 radical (unpaired) electrons. The van der Waals surface area contributed by atoms with Crippen molar-refractivity contribution in [3.63, 3.8) is 0 Å². The first-order valence-corrected chi connectivity index (χ1v) is 7.01. The standard InChI is InChI=1S/C17H20N2/c1-12-9-10-19-11-16(12)17(18)15-8-4-6-13-5-2-3-7-14(13)15/h2-3,5,7,9-11,15,17H,4,6,8,18H2,1H3. The molecular weight excluding hydrogens is 232 g/mol. The monoisotopic (exact) mass is 252 g/mol. The lowest BCUT2D eigenvalue weighted by molar-refractivity contribution is 0.472. The summed E-state index contributed by atoms with van der Waals surface area (Å²) in [6.45, 7) is 2.12. The van der Waals surface area contributed by atoms with Gasteiger partial charge in [-0.1, -0.05) is 24.3 Å². The van der Waals surface area contributed by atoms with Crippen molar-refractivity contribution in [1.82, 2.24) is 4.98 Å². The minimum absolute atomic E-state index is 0.0511. The summed E-state index contributed by atoms with van der Waals surface area (Å²) in [5, 5.41) is 0. The van der Waals surface area contributed by atoms with Crippen LogP contribution in [0.25, 0.3) is 0 Å². The van der Waals surface area contributed by atoms with Crippen LogP contribution < -0.4 is 5.73 Å².